The molecule has 0 saturated heterocycles. The number of rotatable bonds is 7. The molecule has 0 radical (unpaired) electrons. The van der Waals surface area contributed by atoms with E-state index in [9.17, 15) is 4.79 Å². The molecule has 19 heavy (non-hydrogen) atoms. The second kappa shape index (κ2) is 7.49. The van der Waals surface area contributed by atoms with Crippen molar-refractivity contribution in [1.82, 2.24) is 9.88 Å². The minimum absolute atomic E-state index is 0.171. The second-order valence-corrected chi connectivity index (χ2v) is 5.92. The Kier molecular flexibility index (Phi) is 6.29. The average molecular weight is 264 g/mol. The Morgan fingerprint density at radius 3 is 2.42 bits per heavy atom. The van der Waals surface area contributed by atoms with E-state index >= 15 is 0 Å². The second-order valence-electron chi connectivity index (χ2n) is 5.92. The van der Waals surface area contributed by atoms with Gasteiger partial charge in [-0.3, -0.25) is 4.79 Å². The van der Waals surface area contributed by atoms with E-state index in [0.29, 0.717) is 18.4 Å². The van der Waals surface area contributed by atoms with Crippen LogP contribution >= 0.6 is 0 Å². The molecule has 1 aromatic heterocycles. The molecular formula is C16H28N2O. The first-order valence-electron chi connectivity index (χ1n) is 7.40. The molecule has 1 heterocycles. The van der Waals surface area contributed by atoms with E-state index in [1.165, 1.54) is 0 Å². The first-order valence-corrected chi connectivity index (χ1v) is 7.40. The Labute approximate surface area is 117 Å². The molecule has 1 aromatic rings. The predicted octanol–water partition coefficient (Wildman–Crippen LogP) is 3.13. The topological polar surface area (TPSA) is 34.0 Å². The maximum Gasteiger partial charge on any atom is 0.255 e. The molecular weight excluding hydrogens is 236 g/mol. The van der Waals surface area contributed by atoms with Crippen LogP contribution in [-0.4, -0.2) is 11.1 Å². The Bertz CT molecular complexity index is 447. The van der Waals surface area contributed by atoms with Gasteiger partial charge in [0, 0.05) is 24.3 Å². The van der Waals surface area contributed by atoms with Crippen LogP contribution in [0.25, 0.3) is 0 Å². The van der Waals surface area contributed by atoms with E-state index in [0.717, 1.165) is 30.8 Å². The quantitative estimate of drug-likeness (QED) is 0.821. The number of pyridine rings is 1. The van der Waals surface area contributed by atoms with Crippen molar-refractivity contribution in [3.63, 3.8) is 0 Å². The highest BCUT2D eigenvalue weighted by Gasteiger charge is 2.10. The number of aromatic nitrogens is 1. The normalized spacial score (nSPS) is 11.5. The van der Waals surface area contributed by atoms with Crippen molar-refractivity contribution in [1.29, 1.82) is 0 Å². The lowest BCUT2D eigenvalue weighted by atomic mass is 10.1. The largest absolute Gasteiger partial charge is 0.312 e. The number of nitrogens with zero attached hydrogens (tertiary/aromatic N) is 1. The third-order valence-corrected chi connectivity index (χ3v) is 3.19. The highest BCUT2D eigenvalue weighted by Crippen LogP contribution is 2.13. The van der Waals surface area contributed by atoms with Crippen LogP contribution in [0.3, 0.4) is 0 Å². The van der Waals surface area contributed by atoms with E-state index < -0.39 is 0 Å². The van der Waals surface area contributed by atoms with Crippen molar-refractivity contribution in [2.45, 2.75) is 60.0 Å². The molecule has 0 aliphatic heterocycles. The Morgan fingerprint density at radius 2 is 1.89 bits per heavy atom. The molecule has 3 heteroatoms. The van der Waals surface area contributed by atoms with Crippen LogP contribution in [0.5, 0.6) is 0 Å². The summed E-state index contributed by atoms with van der Waals surface area (Å²) in [6.45, 7) is 13.1. The van der Waals surface area contributed by atoms with Gasteiger partial charge in [-0.1, -0.05) is 40.7 Å². The first kappa shape index (κ1) is 16.0. The van der Waals surface area contributed by atoms with Crippen LogP contribution in [0.2, 0.25) is 0 Å². The third kappa shape index (κ3) is 4.50. The van der Waals surface area contributed by atoms with Crippen LogP contribution in [0.15, 0.2) is 16.9 Å². The third-order valence-electron chi connectivity index (χ3n) is 3.19. The summed E-state index contributed by atoms with van der Waals surface area (Å²) in [5.41, 5.74) is 2.18. The van der Waals surface area contributed by atoms with E-state index in [2.05, 4.69) is 46.0 Å². The summed E-state index contributed by atoms with van der Waals surface area (Å²) in [6, 6.07) is 4.09. The minimum Gasteiger partial charge on any atom is -0.312 e. The molecule has 0 fully saturated rings. The van der Waals surface area contributed by atoms with Crippen LogP contribution in [-0.2, 0) is 13.1 Å². The highest BCUT2D eigenvalue weighted by molar-refractivity contribution is 5.18. The lowest BCUT2D eigenvalue weighted by Crippen LogP contribution is -2.30. The van der Waals surface area contributed by atoms with Gasteiger partial charge in [-0.15, -0.1) is 0 Å². The Morgan fingerprint density at radius 1 is 1.21 bits per heavy atom. The molecule has 0 aliphatic carbocycles. The molecule has 108 valence electrons. The molecule has 0 amide bonds. The summed E-state index contributed by atoms with van der Waals surface area (Å²) in [4.78, 5) is 12.5. The number of hydrogen-bond acceptors (Lipinski definition) is 2. The van der Waals surface area contributed by atoms with Crippen molar-refractivity contribution < 1.29 is 0 Å². The van der Waals surface area contributed by atoms with Gasteiger partial charge in [-0.25, -0.2) is 0 Å². The Balaban J connectivity index is 2.96. The summed E-state index contributed by atoms with van der Waals surface area (Å²) in [6.07, 6.45) is 0.989. The SMILES string of the molecule is CCCn1c(C(C)C)ccc(CNCC(C)C)c1=O. The van der Waals surface area contributed by atoms with E-state index in [4.69, 9.17) is 0 Å². The predicted molar refractivity (Wildman–Crippen MR) is 81.6 cm³/mol. The monoisotopic (exact) mass is 264 g/mol. The molecule has 3 nitrogen and oxygen atoms in total. The van der Waals surface area contributed by atoms with Crippen molar-refractivity contribution in [3.8, 4) is 0 Å². The number of hydrogen-bond donors (Lipinski definition) is 1. The summed E-state index contributed by atoms with van der Waals surface area (Å²) < 4.78 is 1.94. The molecule has 0 aromatic carbocycles. The van der Waals surface area contributed by atoms with Crippen molar-refractivity contribution >= 4 is 0 Å². The zero-order chi connectivity index (χ0) is 14.4. The summed E-state index contributed by atoms with van der Waals surface area (Å²) in [5.74, 6) is 0.990. The van der Waals surface area contributed by atoms with Gasteiger partial charge in [0.1, 0.15) is 0 Å². The standard InChI is InChI=1S/C16H28N2O/c1-6-9-18-15(13(4)5)8-7-14(16(18)19)11-17-10-12(2)3/h7-8,12-13,17H,6,9-11H2,1-5H3. The summed E-state index contributed by atoms with van der Waals surface area (Å²) >= 11 is 0. The van der Waals surface area contributed by atoms with Crippen molar-refractivity contribution in [2.24, 2.45) is 5.92 Å². The van der Waals surface area contributed by atoms with Crippen molar-refractivity contribution in [3.05, 3.63) is 33.7 Å². The lowest BCUT2D eigenvalue weighted by Gasteiger charge is -2.17. The van der Waals surface area contributed by atoms with Crippen LogP contribution in [0.1, 0.15) is 58.2 Å². The van der Waals surface area contributed by atoms with E-state index in [-0.39, 0.29) is 5.56 Å². The van der Waals surface area contributed by atoms with Gasteiger partial charge in [0.05, 0.1) is 0 Å². The fourth-order valence-corrected chi connectivity index (χ4v) is 2.23. The smallest absolute Gasteiger partial charge is 0.255 e. The fraction of sp³-hybridized carbons (Fsp3) is 0.688. The molecule has 0 spiro atoms. The van der Waals surface area contributed by atoms with Gasteiger partial charge in [0.25, 0.3) is 5.56 Å². The molecule has 0 bridgehead atoms. The zero-order valence-electron chi connectivity index (χ0n) is 13.0. The molecule has 0 aliphatic rings. The van der Waals surface area contributed by atoms with Gasteiger partial charge in [-0.05, 0) is 30.9 Å². The molecule has 0 saturated carbocycles. The van der Waals surface area contributed by atoms with Crippen LogP contribution in [0.4, 0.5) is 0 Å². The molecule has 1 N–H and O–H groups in total. The van der Waals surface area contributed by atoms with Gasteiger partial charge >= 0.3 is 0 Å². The van der Waals surface area contributed by atoms with Gasteiger partial charge in [0.2, 0.25) is 0 Å². The first-order chi connectivity index (χ1) is 8.97. The van der Waals surface area contributed by atoms with E-state index in [1.54, 1.807) is 0 Å². The average Bonchev–Trinajstić information content (AvgIpc) is 2.33. The summed E-state index contributed by atoms with van der Waals surface area (Å²) in [5, 5.41) is 3.35. The maximum atomic E-state index is 12.5. The molecule has 0 unspecified atom stereocenters. The zero-order valence-corrected chi connectivity index (χ0v) is 13.0. The molecule has 0 atom stereocenters. The summed E-state index contributed by atoms with van der Waals surface area (Å²) in [7, 11) is 0. The number of nitrogens with one attached hydrogen (secondary N) is 1. The fourth-order valence-electron chi connectivity index (χ4n) is 2.23. The highest BCUT2D eigenvalue weighted by atomic mass is 16.1. The van der Waals surface area contributed by atoms with E-state index in [1.807, 2.05) is 10.6 Å². The lowest BCUT2D eigenvalue weighted by molar-refractivity contribution is 0.541. The van der Waals surface area contributed by atoms with Gasteiger partial charge in [0.15, 0.2) is 0 Å². The van der Waals surface area contributed by atoms with Crippen LogP contribution in [0, 0.1) is 5.92 Å². The maximum absolute atomic E-state index is 12.5. The molecule has 1 rings (SSSR count). The minimum atomic E-state index is 0.171. The van der Waals surface area contributed by atoms with Crippen LogP contribution < -0.4 is 10.9 Å². The van der Waals surface area contributed by atoms with Gasteiger partial charge < -0.3 is 9.88 Å². The van der Waals surface area contributed by atoms with Gasteiger partial charge in [-0.2, -0.15) is 0 Å². The van der Waals surface area contributed by atoms with Crippen molar-refractivity contribution in [2.75, 3.05) is 6.54 Å². The Hall–Kier alpha value is -1.09.